The average molecular weight is 291 g/mol. The van der Waals surface area contributed by atoms with Crippen LogP contribution < -0.4 is 10.1 Å². The van der Waals surface area contributed by atoms with E-state index in [1.165, 1.54) is 6.07 Å². The summed E-state index contributed by atoms with van der Waals surface area (Å²) in [6.45, 7) is 9.05. The van der Waals surface area contributed by atoms with E-state index in [2.05, 4.69) is 26.1 Å². The van der Waals surface area contributed by atoms with Crippen molar-refractivity contribution in [2.45, 2.75) is 46.4 Å². The van der Waals surface area contributed by atoms with Gasteiger partial charge in [-0.3, -0.25) is 0 Å². The van der Waals surface area contributed by atoms with Gasteiger partial charge in [0.05, 0.1) is 6.26 Å². The van der Waals surface area contributed by atoms with Crippen LogP contribution in [0.3, 0.4) is 0 Å². The highest BCUT2D eigenvalue weighted by Gasteiger charge is 2.12. The second-order valence-electron chi connectivity index (χ2n) is 6.17. The van der Waals surface area contributed by atoms with Gasteiger partial charge in [0.1, 0.15) is 23.9 Å². The van der Waals surface area contributed by atoms with E-state index in [9.17, 15) is 4.39 Å². The van der Waals surface area contributed by atoms with Crippen molar-refractivity contribution in [3.8, 4) is 5.75 Å². The smallest absolute Gasteiger partial charge is 0.146 e. The molecular formula is C17H22FNO2. The maximum atomic E-state index is 13.5. The van der Waals surface area contributed by atoms with Crippen molar-refractivity contribution in [3.05, 3.63) is 53.2 Å². The normalized spacial score (nSPS) is 11.7. The van der Waals surface area contributed by atoms with Gasteiger partial charge in [-0.05, 0) is 45.4 Å². The standard InChI is InChI=1S/C17H22FNO2/c1-12-5-6-14(9-15(12)18)21-11-16-13(7-8-20-16)10-19-17(2,3)4/h5-9,19H,10-11H2,1-4H3. The molecule has 1 heterocycles. The molecule has 0 saturated carbocycles. The molecule has 2 rings (SSSR count). The number of halogens is 1. The fraction of sp³-hybridized carbons (Fsp3) is 0.412. The first kappa shape index (κ1) is 15.6. The number of nitrogens with one attached hydrogen (secondary N) is 1. The number of hydrogen-bond acceptors (Lipinski definition) is 3. The average Bonchev–Trinajstić information content (AvgIpc) is 2.84. The fourth-order valence-electron chi connectivity index (χ4n) is 1.82. The maximum Gasteiger partial charge on any atom is 0.146 e. The number of aryl methyl sites for hydroxylation is 1. The monoisotopic (exact) mass is 291 g/mol. The third kappa shape index (κ3) is 4.60. The highest BCUT2D eigenvalue weighted by Crippen LogP contribution is 2.19. The molecule has 0 aliphatic heterocycles. The molecule has 4 heteroatoms. The van der Waals surface area contributed by atoms with Crippen LogP contribution in [0.15, 0.2) is 34.9 Å². The van der Waals surface area contributed by atoms with Gasteiger partial charge in [0.25, 0.3) is 0 Å². The summed E-state index contributed by atoms with van der Waals surface area (Å²) >= 11 is 0. The highest BCUT2D eigenvalue weighted by atomic mass is 19.1. The summed E-state index contributed by atoms with van der Waals surface area (Å²) < 4.78 is 24.5. The predicted octanol–water partition coefficient (Wildman–Crippen LogP) is 4.19. The molecule has 0 spiro atoms. The van der Waals surface area contributed by atoms with Crippen LogP contribution in [0.25, 0.3) is 0 Å². The van der Waals surface area contributed by atoms with Crippen molar-refractivity contribution in [2.75, 3.05) is 0 Å². The molecule has 1 N–H and O–H groups in total. The Hall–Kier alpha value is -1.81. The predicted molar refractivity (Wildman–Crippen MR) is 80.8 cm³/mol. The van der Waals surface area contributed by atoms with Gasteiger partial charge in [-0.25, -0.2) is 4.39 Å². The van der Waals surface area contributed by atoms with Gasteiger partial charge < -0.3 is 14.5 Å². The maximum absolute atomic E-state index is 13.5. The lowest BCUT2D eigenvalue weighted by Crippen LogP contribution is -2.35. The molecule has 114 valence electrons. The fourth-order valence-corrected chi connectivity index (χ4v) is 1.82. The lowest BCUT2D eigenvalue weighted by atomic mass is 10.1. The van der Waals surface area contributed by atoms with Gasteiger partial charge in [-0.2, -0.15) is 0 Å². The Labute approximate surface area is 125 Å². The van der Waals surface area contributed by atoms with Crippen LogP contribution in [-0.2, 0) is 13.2 Å². The summed E-state index contributed by atoms with van der Waals surface area (Å²) in [6, 6.07) is 6.78. The van der Waals surface area contributed by atoms with Crippen LogP contribution >= 0.6 is 0 Å². The first-order valence-electron chi connectivity index (χ1n) is 7.04. The third-order valence-corrected chi connectivity index (χ3v) is 3.16. The van der Waals surface area contributed by atoms with Gasteiger partial charge in [0.15, 0.2) is 0 Å². The minimum Gasteiger partial charge on any atom is -0.486 e. The quantitative estimate of drug-likeness (QED) is 0.896. The number of furan rings is 1. The molecule has 0 aliphatic rings. The highest BCUT2D eigenvalue weighted by molar-refractivity contribution is 5.28. The van der Waals surface area contributed by atoms with Gasteiger partial charge >= 0.3 is 0 Å². The van der Waals surface area contributed by atoms with E-state index < -0.39 is 0 Å². The number of rotatable bonds is 5. The summed E-state index contributed by atoms with van der Waals surface area (Å²) in [5, 5.41) is 3.40. The van der Waals surface area contributed by atoms with E-state index in [0.717, 1.165) is 11.3 Å². The number of hydrogen-bond donors (Lipinski definition) is 1. The Bertz CT molecular complexity index is 599. The molecule has 1 aromatic heterocycles. The van der Waals surface area contributed by atoms with Crippen molar-refractivity contribution in [3.63, 3.8) is 0 Å². The second-order valence-corrected chi connectivity index (χ2v) is 6.17. The van der Waals surface area contributed by atoms with Crippen molar-refractivity contribution >= 4 is 0 Å². The van der Waals surface area contributed by atoms with Crippen molar-refractivity contribution in [1.29, 1.82) is 0 Å². The van der Waals surface area contributed by atoms with Crippen LogP contribution in [0.4, 0.5) is 4.39 Å². The van der Waals surface area contributed by atoms with Crippen LogP contribution in [0, 0.1) is 12.7 Å². The molecule has 3 nitrogen and oxygen atoms in total. The summed E-state index contributed by atoms with van der Waals surface area (Å²) in [5.74, 6) is 0.999. The summed E-state index contributed by atoms with van der Waals surface area (Å²) in [4.78, 5) is 0. The van der Waals surface area contributed by atoms with E-state index >= 15 is 0 Å². The molecule has 0 amide bonds. The molecule has 1 aromatic carbocycles. The van der Waals surface area contributed by atoms with Crippen LogP contribution in [0.2, 0.25) is 0 Å². The minimum atomic E-state index is -0.262. The zero-order valence-corrected chi connectivity index (χ0v) is 13.0. The molecular weight excluding hydrogens is 269 g/mol. The first-order valence-corrected chi connectivity index (χ1v) is 7.04. The van der Waals surface area contributed by atoms with Crippen molar-refractivity contribution < 1.29 is 13.5 Å². The lowest BCUT2D eigenvalue weighted by Gasteiger charge is -2.20. The Kier molecular flexibility index (Phi) is 4.68. The summed E-state index contributed by atoms with van der Waals surface area (Å²) in [7, 11) is 0. The first-order chi connectivity index (χ1) is 9.85. The molecule has 0 unspecified atom stereocenters. The Morgan fingerprint density at radius 1 is 1.24 bits per heavy atom. The molecule has 0 aliphatic carbocycles. The Morgan fingerprint density at radius 2 is 2.00 bits per heavy atom. The number of ether oxygens (including phenoxy) is 1. The Balaban J connectivity index is 1.97. The molecule has 0 radical (unpaired) electrons. The van der Waals surface area contributed by atoms with Gasteiger partial charge in [0.2, 0.25) is 0 Å². The van der Waals surface area contributed by atoms with Crippen LogP contribution in [-0.4, -0.2) is 5.54 Å². The van der Waals surface area contributed by atoms with E-state index in [-0.39, 0.29) is 18.0 Å². The van der Waals surface area contributed by atoms with Crippen molar-refractivity contribution in [2.24, 2.45) is 0 Å². The second kappa shape index (κ2) is 6.31. The zero-order valence-electron chi connectivity index (χ0n) is 13.0. The van der Waals surface area contributed by atoms with Crippen LogP contribution in [0.5, 0.6) is 5.75 Å². The van der Waals surface area contributed by atoms with Crippen LogP contribution in [0.1, 0.15) is 37.7 Å². The molecule has 0 bridgehead atoms. The third-order valence-electron chi connectivity index (χ3n) is 3.16. The zero-order chi connectivity index (χ0) is 15.5. The molecule has 0 atom stereocenters. The summed E-state index contributed by atoms with van der Waals surface area (Å²) in [5.41, 5.74) is 1.70. The van der Waals surface area contributed by atoms with Gasteiger partial charge in [-0.15, -0.1) is 0 Å². The van der Waals surface area contributed by atoms with E-state index in [1.807, 2.05) is 6.07 Å². The largest absolute Gasteiger partial charge is 0.486 e. The topological polar surface area (TPSA) is 34.4 Å². The van der Waals surface area contributed by atoms with E-state index in [4.69, 9.17) is 9.15 Å². The number of benzene rings is 1. The molecule has 21 heavy (non-hydrogen) atoms. The van der Waals surface area contributed by atoms with Gasteiger partial charge in [-0.1, -0.05) is 6.07 Å². The van der Waals surface area contributed by atoms with E-state index in [0.29, 0.717) is 17.9 Å². The SMILES string of the molecule is Cc1ccc(OCc2occc2CNC(C)(C)C)cc1F. The lowest BCUT2D eigenvalue weighted by molar-refractivity contribution is 0.266. The Morgan fingerprint density at radius 3 is 2.67 bits per heavy atom. The summed E-state index contributed by atoms with van der Waals surface area (Å²) in [6.07, 6.45) is 1.65. The van der Waals surface area contributed by atoms with Gasteiger partial charge in [0, 0.05) is 23.7 Å². The van der Waals surface area contributed by atoms with Crippen molar-refractivity contribution in [1.82, 2.24) is 5.32 Å². The molecule has 0 saturated heterocycles. The molecule has 2 aromatic rings. The minimum absolute atomic E-state index is 0.0372. The molecule has 0 fully saturated rings. The van der Waals surface area contributed by atoms with E-state index in [1.54, 1.807) is 25.3 Å².